The van der Waals surface area contributed by atoms with Crippen LogP contribution in [-0.4, -0.2) is 6.54 Å². The van der Waals surface area contributed by atoms with Crippen LogP contribution in [0, 0.1) is 0 Å². The van der Waals surface area contributed by atoms with Crippen LogP contribution in [0.15, 0.2) is 43.1 Å². The summed E-state index contributed by atoms with van der Waals surface area (Å²) in [4.78, 5) is 2.24. The first-order valence-corrected chi connectivity index (χ1v) is 5.81. The Morgan fingerprint density at radius 3 is 2.06 bits per heavy atom. The monoisotopic (exact) mass is 215 g/mol. The minimum Gasteiger partial charge on any atom is -0.346 e. The van der Waals surface area contributed by atoms with Gasteiger partial charge < -0.3 is 4.90 Å². The van der Waals surface area contributed by atoms with Crippen LogP contribution < -0.4 is 4.90 Å². The Kier molecular flexibility index (Phi) is 4.36. The molecule has 0 saturated heterocycles. The van der Waals surface area contributed by atoms with Gasteiger partial charge in [-0.25, -0.2) is 0 Å². The lowest BCUT2D eigenvalue weighted by molar-refractivity contribution is 0.900. The highest BCUT2D eigenvalue weighted by molar-refractivity contribution is 5.64. The topological polar surface area (TPSA) is 3.24 Å². The molecule has 0 N–H and O–H groups in total. The largest absolute Gasteiger partial charge is 0.346 e. The molecule has 1 aromatic carbocycles. The molecule has 0 aliphatic heterocycles. The third-order valence-electron chi connectivity index (χ3n) is 2.78. The molecule has 1 nitrogen and oxygen atoms in total. The number of allylic oxidation sites excluding steroid dienone is 2. The van der Waals surface area contributed by atoms with Gasteiger partial charge in [0.25, 0.3) is 0 Å². The molecule has 0 aromatic heterocycles. The third kappa shape index (κ3) is 2.75. The van der Waals surface area contributed by atoms with E-state index in [0.717, 1.165) is 24.2 Å². The van der Waals surface area contributed by atoms with E-state index in [1.807, 2.05) is 6.92 Å². The highest BCUT2D eigenvalue weighted by atomic mass is 15.1. The number of nitrogens with zero attached hydrogens (tertiary/aromatic N) is 1. The molecule has 0 radical (unpaired) electrons. The van der Waals surface area contributed by atoms with Crippen molar-refractivity contribution in [2.75, 3.05) is 11.4 Å². The van der Waals surface area contributed by atoms with Crippen molar-refractivity contribution in [3.8, 4) is 0 Å². The minimum atomic E-state index is 0.957. The molecule has 0 aliphatic rings. The van der Waals surface area contributed by atoms with Crippen LogP contribution in [0.3, 0.4) is 0 Å². The summed E-state index contributed by atoms with van der Waals surface area (Å²) in [5, 5.41) is 0. The Hall–Kier alpha value is -1.50. The molecule has 86 valence electrons. The normalized spacial score (nSPS) is 9.94. The van der Waals surface area contributed by atoms with Crippen LogP contribution in [0.1, 0.15) is 32.8 Å². The Labute approximate surface area is 99.1 Å². The van der Waals surface area contributed by atoms with Gasteiger partial charge in [-0.2, -0.15) is 0 Å². The molecule has 0 amide bonds. The van der Waals surface area contributed by atoms with Gasteiger partial charge >= 0.3 is 0 Å². The summed E-state index contributed by atoms with van der Waals surface area (Å²) in [6, 6.07) is 8.50. The standard InChI is InChI=1S/C15H21N/c1-6-13(5)16(7-2)15-10-8-14(9-11-15)12(3)4/h8-11H,3,5-7H2,1-2,4H3. The molecule has 0 saturated carbocycles. The zero-order valence-electron chi connectivity index (χ0n) is 10.6. The summed E-state index contributed by atoms with van der Waals surface area (Å²) in [5.74, 6) is 0. The summed E-state index contributed by atoms with van der Waals surface area (Å²) in [5.41, 5.74) is 4.66. The first-order valence-electron chi connectivity index (χ1n) is 5.81. The molecule has 0 heterocycles. The Bertz CT molecular complexity index is 373. The highest BCUT2D eigenvalue weighted by Crippen LogP contribution is 2.22. The summed E-state index contributed by atoms with van der Waals surface area (Å²) in [6.07, 6.45) is 0.982. The van der Waals surface area contributed by atoms with Gasteiger partial charge in [-0.15, -0.1) is 0 Å². The number of hydrogen-bond acceptors (Lipinski definition) is 1. The maximum absolute atomic E-state index is 4.09. The van der Waals surface area contributed by atoms with Gasteiger partial charge in [-0.05, 0) is 38.0 Å². The molecule has 0 bridgehead atoms. The fraction of sp³-hybridized carbons (Fsp3) is 0.333. The van der Waals surface area contributed by atoms with E-state index >= 15 is 0 Å². The lowest BCUT2D eigenvalue weighted by Crippen LogP contribution is -2.20. The van der Waals surface area contributed by atoms with Gasteiger partial charge in [-0.1, -0.05) is 37.8 Å². The molecular weight excluding hydrogens is 194 g/mol. The third-order valence-corrected chi connectivity index (χ3v) is 2.78. The quantitative estimate of drug-likeness (QED) is 0.700. The van der Waals surface area contributed by atoms with Crippen molar-refractivity contribution < 1.29 is 0 Å². The van der Waals surface area contributed by atoms with E-state index in [1.165, 1.54) is 11.3 Å². The summed E-state index contributed by atoms with van der Waals surface area (Å²) < 4.78 is 0. The van der Waals surface area contributed by atoms with Crippen molar-refractivity contribution in [2.24, 2.45) is 0 Å². The Morgan fingerprint density at radius 1 is 1.12 bits per heavy atom. The Balaban J connectivity index is 2.95. The molecule has 0 fully saturated rings. The molecule has 16 heavy (non-hydrogen) atoms. The summed E-state index contributed by atoms with van der Waals surface area (Å²) in [6.45, 7) is 15.3. The van der Waals surface area contributed by atoms with Crippen LogP contribution in [0.2, 0.25) is 0 Å². The molecule has 1 heteroatoms. The molecule has 0 atom stereocenters. The molecule has 1 aromatic rings. The number of benzene rings is 1. The predicted molar refractivity (Wildman–Crippen MR) is 73.6 cm³/mol. The molecular formula is C15H21N. The first kappa shape index (κ1) is 12.6. The average Bonchev–Trinajstić information content (AvgIpc) is 2.30. The number of anilines is 1. The van der Waals surface area contributed by atoms with Gasteiger partial charge in [0.2, 0.25) is 0 Å². The fourth-order valence-electron chi connectivity index (χ4n) is 1.71. The van der Waals surface area contributed by atoms with E-state index in [9.17, 15) is 0 Å². The van der Waals surface area contributed by atoms with Crippen molar-refractivity contribution >= 4 is 11.3 Å². The van der Waals surface area contributed by atoms with Crippen molar-refractivity contribution in [1.29, 1.82) is 0 Å². The predicted octanol–water partition coefficient (Wildman–Crippen LogP) is 4.47. The second-order valence-electron chi connectivity index (χ2n) is 3.99. The van der Waals surface area contributed by atoms with E-state index in [4.69, 9.17) is 0 Å². The number of rotatable bonds is 5. The molecule has 1 rings (SSSR count). The van der Waals surface area contributed by atoms with Crippen LogP contribution in [0.25, 0.3) is 5.57 Å². The van der Waals surface area contributed by atoms with E-state index in [1.54, 1.807) is 0 Å². The lowest BCUT2D eigenvalue weighted by atomic mass is 10.1. The zero-order valence-corrected chi connectivity index (χ0v) is 10.6. The maximum atomic E-state index is 4.09. The first-order chi connectivity index (χ1) is 7.60. The zero-order chi connectivity index (χ0) is 12.1. The second-order valence-corrected chi connectivity index (χ2v) is 3.99. The molecule has 0 aliphatic carbocycles. The van der Waals surface area contributed by atoms with Gasteiger partial charge in [0.05, 0.1) is 0 Å². The van der Waals surface area contributed by atoms with Gasteiger partial charge in [-0.3, -0.25) is 0 Å². The summed E-state index contributed by atoms with van der Waals surface area (Å²) >= 11 is 0. The van der Waals surface area contributed by atoms with E-state index < -0.39 is 0 Å². The van der Waals surface area contributed by atoms with Crippen molar-refractivity contribution in [2.45, 2.75) is 27.2 Å². The van der Waals surface area contributed by atoms with Crippen LogP contribution in [0.4, 0.5) is 5.69 Å². The number of hydrogen-bond donors (Lipinski definition) is 0. The smallest absolute Gasteiger partial charge is 0.0408 e. The minimum absolute atomic E-state index is 0.957. The van der Waals surface area contributed by atoms with Gasteiger partial charge in [0.1, 0.15) is 0 Å². The van der Waals surface area contributed by atoms with Gasteiger partial charge in [0.15, 0.2) is 0 Å². The fourth-order valence-corrected chi connectivity index (χ4v) is 1.71. The van der Waals surface area contributed by atoms with E-state index in [2.05, 4.69) is 56.2 Å². The lowest BCUT2D eigenvalue weighted by Gasteiger charge is -2.24. The van der Waals surface area contributed by atoms with Gasteiger partial charge in [0, 0.05) is 17.9 Å². The van der Waals surface area contributed by atoms with Crippen molar-refractivity contribution in [3.63, 3.8) is 0 Å². The maximum Gasteiger partial charge on any atom is 0.0408 e. The van der Waals surface area contributed by atoms with E-state index in [-0.39, 0.29) is 0 Å². The van der Waals surface area contributed by atoms with E-state index in [0.29, 0.717) is 0 Å². The van der Waals surface area contributed by atoms with Crippen molar-refractivity contribution in [3.05, 3.63) is 48.7 Å². The van der Waals surface area contributed by atoms with Crippen LogP contribution >= 0.6 is 0 Å². The Morgan fingerprint density at radius 2 is 1.69 bits per heavy atom. The van der Waals surface area contributed by atoms with Crippen LogP contribution in [0.5, 0.6) is 0 Å². The summed E-state index contributed by atoms with van der Waals surface area (Å²) in [7, 11) is 0. The molecule has 0 unspecified atom stereocenters. The average molecular weight is 215 g/mol. The highest BCUT2D eigenvalue weighted by Gasteiger charge is 2.06. The van der Waals surface area contributed by atoms with Crippen molar-refractivity contribution in [1.82, 2.24) is 0 Å². The second kappa shape index (κ2) is 5.55. The van der Waals surface area contributed by atoms with Crippen LogP contribution in [-0.2, 0) is 0 Å². The molecule has 0 spiro atoms. The SMILES string of the molecule is C=C(C)c1ccc(N(CC)C(=C)CC)cc1.